The molecule has 1 aromatic heterocycles. The van der Waals surface area contributed by atoms with Crippen molar-refractivity contribution >= 4 is 11.6 Å². The molecule has 0 aliphatic rings. The largest absolute Gasteiger partial charge is 0.493 e. The van der Waals surface area contributed by atoms with Gasteiger partial charge in [-0.2, -0.15) is 0 Å². The number of aromatic nitrogens is 1. The van der Waals surface area contributed by atoms with Crippen molar-refractivity contribution in [3.05, 3.63) is 23.0 Å². The Hall–Kier alpha value is -0.760. The Morgan fingerprint density at radius 3 is 2.83 bits per heavy atom. The molecular weight excluding hydrogens is 174 g/mol. The van der Waals surface area contributed by atoms with E-state index in [1.54, 1.807) is 12.3 Å². The average Bonchev–Trinajstić information content (AvgIpc) is 2.05. The SMILES string of the molecule is CCOc1cc(Cl)ncc1CC. The predicted octanol–water partition coefficient (Wildman–Crippen LogP) is 2.70. The van der Waals surface area contributed by atoms with Crippen LogP contribution in [0.3, 0.4) is 0 Å². The molecule has 0 atom stereocenters. The van der Waals surface area contributed by atoms with Crippen LogP contribution in [0, 0.1) is 0 Å². The first-order valence-corrected chi connectivity index (χ1v) is 4.43. The number of pyridine rings is 1. The van der Waals surface area contributed by atoms with Crippen molar-refractivity contribution in [1.82, 2.24) is 4.98 Å². The molecule has 0 fully saturated rings. The van der Waals surface area contributed by atoms with E-state index in [1.165, 1.54) is 0 Å². The van der Waals surface area contributed by atoms with Gasteiger partial charge in [-0.05, 0) is 13.3 Å². The van der Waals surface area contributed by atoms with Crippen molar-refractivity contribution < 1.29 is 4.74 Å². The van der Waals surface area contributed by atoms with Gasteiger partial charge in [0.15, 0.2) is 0 Å². The van der Waals surface area contributed by atoms with Crippen LogP contribution in [0.2, 0.25) is 5.15 Å². The van der Waals surface area contributed by atoms with Gasteiger partial charge in [0.25, 0.3) is 0 Å². The quantitative estimate of drug-likeness (QED) is 0.676. The molecule has 3 heteroatoms. The molecule has 0 aromatic carbocycles. The van der Waals surface area contributed by atoms with Gasteiger partial charge in [-0.15, -0.1) is 0 Å². The summed E-state index contributed by atoms with van der Waals surface area (Å²) in [5, 5.41) is 0.482. The van der Waals surface area contributed by atoms with Crippen LogP contribution in [-0.2, 0) is 6.42 Å². The zero-order chi connectivity index (χ0) is 8.97. The van der Waals surface area contributed by atoms with Gasteiger partial charge in [-0.1, -0.05) is 18.5 Å². The molecule has 0 N–H and O–H groups in total. The molecule has 1 rings (SSSR count). The minimum atomic E-state index is 0.482. The summed E-state index contributed by atoms with van der Waals surface area (Å²) in [4.78, 5) is 3.98. The molecule has 0 amide bonds. The summed E-state index contributed by atoms with van der Waals surface area (Å²) in [7, 11) is 0. The number of ether oxygens (including phenoxy) is 1. The molecule has 0 aliphatic heterocycles. The van der Waals surface area contributed by atoms with Crippen molar-refractivity contribution in [2.24, 2.45) is 0 Å². The highest BCUT2D eigenvalue weighted by atomic mass is 35.5. The number of hydrogen-bond donors (Lipinski definition) is 0. The fraction of sp³-hybridized carbons (Fsp3) is 0.444. The Morgan fingerprint density at radius 2 is 2.25 bits per heavy atom. The van der Waals surface area contributed by atoms with E-state index in [-0.39, 0.29) is 0 Å². The zero-order valence-electron chi connectivity index (χ0n) is 7.30. The van der Waals surface area contributed by atoms with Crippen LogP contribution in [0.4, 0.5) is 0 Å². The van der Waals surface area contributed by atoms with Gasteiger partial charge in [0.1, 0.15) is 10.9 Å². The van der Waals surface area contributed by atoms with Crippen LogP contribution in [0.15, 0.2) is 12.3 Å². The lowest BCUT2D eigenvalue weighted by Crippen LogP contribution is -1.96. The first kappa shape index (κ1) is 9.33. The summed E-state index contributed by atoms with van der Waals surface area (Å²) < 4.78 is 5.38. The summed E-state index contributed by atoms with van der Waals surface area (Å²) in [6, 6.07) is 1.75. The van der Waals surface area contributed by atoms with Gasteiger partial charge in [0.2, 0.25) is 0 Å². The van der Waals surface area contributed by atoms with E-state index in [1.807, 2.05) is 6.92 Å². The van der Waals surface area contributed by atoms with Gasteiger partial charge in [-0.25, -0.2) is 4.98 Å². The highest BCUT2D eigenvalue weighted by molar-refractivity contribution is 6.29. The Balaban J connectivity index is 2.95. The molecule has 0 spiro atoms. The molecule has 0 saturated carbocycles. The summed E-state index contributed by atoms with van der Waals surface area (Å²) in [5.41, 5.74) is 1.10. The topological polar surface area (TPSA) is 22.1 Å². The second-order valence-corrected chi connectivity index (χ2v) is 2.79. The molecule has 12 heavy (non-hydrogen) atoms. The lowest BCUT2D eigenvalue weighted by atomic mass is 10.2. The minimum absolute atomic E-state index is 0.482. The van der Waals surface area contributed by atoms with Crippen molar-refractivity contribution in [2.45, 2.75) is 20.3 Å². The fourth-order valence-electron chi connectivity index (χ4n) is 0.997. The van der Waals surface area contributed by atoms with Crippen LogP contribution >= 0.6 is 11.6 Å². The van der Waals surface area contributed by atoms with Crippen LogP contribution in [0.25, 0.3) is 0 Å². The lowest BCUT2D eigenvalue weighted by Gasteiger charge is -2.07. The third-order valence-electron chi connectivity index (χ3n) is 1.59. The van der Waals surface area contributed by atoms with E-state index in [0.717, 1.165) is 17.7 Å². The molecule has 0 saturated heterocycles. The fourth-order valence-corrected chi connectivity index (χ4v) is 1.14. The third-order valence-corrected chi connectivity index (χ3v) is 1.80. The maximum absolute atomic E-state index is 5.72. The van der Waals surface area contributed by atoms with Crippen LogP contribution in [-0.4, -0.2) is 11.6 Å². The van der Waals surface area contributed by atoms with Crippen molar-refractivity contribution in [2.75, 3.05) is 6.61 Å². The Kier molecular flexibility index (Phi) is 3.35. The maximum Gasteiger partial charge on any atom is 0.132 e. The second-order valence-electron chi connectivity index (χ2n) is 2.40. The van der Waals surface area contributed by atoms with Gasteiger partial charge in [0, 0.05) is 17.8 Å². The van der Waals surface area contributed by atoms with Crippen molar-refractivity contribution in [3.63, 3.8) is 0 Å². The monoisotopic (exact) mass is 185 g/mol. The molecule has 0 radical (unpaired) electrons. The predicted molar refractivity (Wildman–Crippen MR) is 49.8 cm³/mol. The first-order chi connectivity index (χ1) is 5.77. The summed E-state index contributed by atoms with van der Waals surface area (Å²) in [6.07, 6.45) is 2.67. The molecule has 0 bridgehead atoms. The van der Waals surface area contributed by atoms with Gasteiger partial charge >= 0.3 is 0 Å². The molecule has 2 nitrogen and oxygen atoms in total. The molecule has 0 aliphatic carbocycles. The molecular formula is C9H12ClNO. The maximum atomic E-state index is 5.72. The van der Waals surface area contributed by atoms with Crippen LogP contribution in [0.1, 0.15) is 19.4 Å². The highest BCUT2D eigenvalue weighted by Gasteiger charge is 2.02. The normalized spacial score (nSPS) is 9.92. The van der Waals surface area contributed by atoms with Gasteiger partial charge in [-0.3, -0.25) is 0 Å². The van der Waals surface area contributed by atoms with Crippen molar-refractivity contribution in [1.29, 1.82) is 0 Å². The molecule has 0 unspecified atom stereocenters. The smallest absolute Gasteiger partial charge is 0.132 e. The summed E-state index contributed by atoms with van der Waals surface area (Å²) in [6.45, 7) is 4.68. The Labute approximate surface area is 77.5 Å². The second kappa shape index (κ2) is 4.31. The van der Waals surface area contributed by atoms with Crippen molar-refractivity contribution in [3.8, 4) is 5.75 Å². The number of hydrogen-bond acceptors (Lipinski definition) is 2. The lowest BCUT2D eigenvalue weighted by molar-refractivity contribution is 0.336. The van der Waals surface area contributed by atoms with Gasteiger partial charge < -0.3 is 4.74 Å². The van der Waals surface area contributed by atoms with Gasteiger partial charge in [0.05, 0.1) is 6.61 Å². The number of rotatable bonds is 3. The van der Waals surface area contributed by atoms with Crippen LogP contribution < -0.4 is 4.74 Å². The van der Waals surface area contributed by atoms with E-state index in [9.17, 15) is 0 Å². The standard InChI is InChI=1S/C9H12ClNO/c1-3-7-6-11-9(10)5-8(7)12-4-2/h5-6H,3-4H2,1-2H3. The number of halogens is 1. The first-order valence-electron chi connectivity index (χ1n) is 4.05. The number of nitrogens with zero attached hydrogens (tertiary/aromatic N) is 1. The molecule has 1 aromatic rings. The van der Waals surface area contributed by atoms with E-state index in [2.05, 4.69) is 11.9 Å². The highest BCUT2D eigenvalue weighted by Crippen LogP contribution is 2.21. The average molecular weight is 186 g/mol. The summed E-state index contributed by atoms with van der Waals surface area (Å²) >= 11 is 5.72. The Morgan fingerprint density at radius 1 is 1.50 bits per heavy atom. The van der Waals surface area contributed by atoms with E-state index in [4.69, 9.17) is 16.3 Å². The zero-order valence-corrected chi connectivity index (χ0v) is 8.06. The number of aryl methyl sites for hydroxylation is 1. The Bertz CT molecular complexity index is 263. The summed E-state index contributed by atoms with van der Waals surface area (Å²) in [5.74, 6) is 0.847. The molecule has 1 heterocycles. The molecule has 66 valence electrons. The van der Waals surface area contributed by atoms with E-state index >= 15 is 0 Å². The third kappa shape index (κ3) is 2.11. The minimum Gasteiger partial charge on any atom is -0.493 e. The van der Waals surface area contributed by atoms with E-state index in [0.29, 0.717) is 11.8 Å². The van der Waals surface area contributed by atoms with Crippen LogP contribution in [0.5, 0.6) is 5.75 Å². The van der Waals surface area contributed by atoms with E-state index < -0.39 is 0 Å².